The summed E-state index contributed by atoms with van der Waals surface area (Å²) in [5.41, 5.74) is 4.87. The molecule has 0 aliphatic carbocycles. The molecular formula is C16H19ClN2O2. The lowest BCUT2D eigenvalue weighted by Crippen LogP contribution is -2.30. The Morgan fingerprint density at radius 2 is 1.90 bits per heavy atom. The molecule has 1 atom stereocenters. The SMILES string of the molecule is COc1cccc(C(Cc2cccc(Cl)c2)NN)c1OC. The number of para-hydroxylation sites is 1. The molecule has 0 spiro atoms. The second-order valence-corrected chi connectivity index (χ2v) is 5.07. The zero-order chi connectivity index (χ0) is 15.2. The van der Waals surface area contributed by atoms with Crippen LogP contribution < -0.4 is 20.7 Å². The van der Waals surface area contributed by atoms with Crippen LogP contribution in [0.3, 0.4) is 0 Å². The van der Waals surface area contributed by atoms with Gasteiger partial charge < -0.3 is 9.47 Å². The van der Waals surface area contributed by atoms with Crippen molar-refractivity contribution < 1.29 is 9.47 Å². The summed E-state index contributed by atoms with van der Waals surface area (Å²) in [7, 11) is 3.23. The van der Waals surface area contributed by atoms with Gasteiger partial charge in [-0.25, -0.2) is 0 Å². The number of hydrogen-bond acceptors (Lipinski definition) is 4. The molecule has 0 saturated carbocycles. The molecule has 2 aromatic rings. The number of benzene rings is 2. The van der Waals surface area contributed by atoms with Gasteiger partial charge in [0.05, 0.1) is 20.3 Å². The smallest absolute Gasteiger partial charge is 0.165 e. The topological polar surface area (TPSA) is 56.5 Å². The molecule has 0 aromatic heterocycles. The van der Waals surface area contributed by atoms with E-state index in [1.165, 1.54) is 0 Å². The minimum Gasteiger partial charge on any atom is -0.493 e. The molecular weight excluding hydrogens is 288 g/mol. The Kier molecular flexibility index (Phi) is 5.44. The van der Waals surface area contributed by atoms with Gasteiger partial charge in [-0.15, -0.1) is 0 Å². The van der Waals surface area contributed by atoms with Gasteiger partial charge in [0.1, 0.15) is 0 Å². The van der Waals surface area contributed by atoms with Gasteiger partial charge in [0, 0.05) is 10.6 Å². The summed E-state index contributed by atoms with van der Waals surface area (Å²) in [6, 6.07) is 13.4. The molecule has 4 nitrogen and oxygen atoms in total. The molecule has 1 unspecified atom stereocenters. The largest absolute Gasteiger partial charge is 0.493 e. The van der Waals surface area contributed by atoms with Crippen molar-refractivity contribution in [1.29, 1.82) is 0 Å². The van der Waals surface area contributed by atoms with E-state index in [4.69, 9.17) is 26.9 Å². The fraction of sp³-hybridized carbons (Fsp3) is 0.250. The molecule has 0 aliphatic rings. The first-order chi connectivity index (χ1) is 10.2. The third kappa shape index (κ3) is 3.67. The second kappa shape index (κ2) is 7.31. The van der Waals surface area contributed by atoms with E-state index < -0.39 is 0 Å². The molecule has 0 saturated heterocycles. The fourth-order valence-corrected chi connectivity index (χ4v) is 2.56. The number of hydrogen-bond donors (Lipinski definition) is 2. The van der Waals surface area contributed by atoms with Crippen LogP contribution in [-0.2, 0) is 6.42 Å². The van der Waals surface area contributed by atoms with Gasteiger partial charge in [-0.2, -0.15) is 0 Å². The van der Waals surface area contributed by atoms with Gasteiger partial charge in [0.2, 0.25) is 0 Å². The summed E-state index contributed by atoms with van der Waals surface area (Å²) < 4.78 is 10.8. The normalized spacial score (nSPS) is 12.0. The predicted octanol–water partition coefficient (Wildman–Crippen LogP) is 3.10. The van der Waals surface area contributed by atoms with Crippen molar-refractivity contribution in [2.24, 2.45) is 5.84 Å². The molecule has 2 aromatic carbocycles. The van der Waals surface area contributed by atoms with Crippen molar-refractivity contribution >= 4 is 11.6 Å². The standard InChI is InChI=1S/C16H19ClN2O2/c1-20-15-8-4-7-13(16(15)21-2)14(19-18)10-11-5-3-6-12(17)9-11/h3-9,14,19H,10,18H2,1-2H3. The lowest BCUT2D eigenvalue weighted by molar-refractivity contribution is 0.346. The molecule has 5 heteroatoms. The predicted molar refractivity (Wildman–Crippen MR) is 84.8 cm³/mol. The molecule has 0 fully saturated rings. The average molecular weight is 307 g/mol. The summed E-state index contributed by atoms with van der Waals surface area (Å²) in [6.45, 7) is 0. The van der Waals surface area contributed by atoms with Crippen LogP contribution in [0.15, 0.2) is 42.5 Å². The van der Waals surface area contributed by atoms with Crippen molar-refractivity contribution in [3.05, 3.63) is 58.6 Å². The van der Waals surface area contributed by atoms with Gasteiger partial charge in [0.25, 0.3) is 0 Å². The van der Waals surface area contributed by atoms with Crippen LogP contribution in [-0.4, -0.2) is 14.2 Å². The van der Waals surface area contributed by atoms with Crippen LogP contribution in [0.5, 0.6) is 11.5 Å². The summed E-state index contributed by atoms with van der Waals surface area (Å²) >= 11 is 6.03. The van der Waals surface area contributed by atoms with Crippen molar-refractivity contribution in [2.45, 2.75) is 12.5 Å². The van der Waals surface area contributed by atoms with Crippen LogP contribution in [0.2, 0.25) is 5.02 Å². The van der Waals surface area contributed by atoms with E-state index in [0.29, 0.717) is 22.9 Å². The molecule has 3 N–H and O–H groups in total. The van der Waals surface area contributed by atoms with Crippen LogP contribution in [0.25, 0.3) is 0 Å². The van der Waals surface area contributed by atoms with Gasteiger partial charge in [-0.3, -0.25) is 11.3 Å². The first-order valence-corrected chi connectivity index (χ1v) is 6.98. The van der Waals surface area contributed by atoms with E-state index >= 15 is 0 Å². The van der Waals surface area contributed by atoms with Gasteiger partial charge in [-0.1, -0.05) is 35.9 Å². The lowest BCUT2D eigenvalue weighted by Gasteiger charge is -2.20. The number of halogens is 1. The van der Waals surface area contributed by atoms with E-state index in [9.17, 15) is 0 Å². The monoisotopic (exact) mass is 306 g/mol. The Labute approximate surface area is 129 Å². The highest BCUT2D eigenvalue weighted by atomic mass is 35.5. The van der Waals surface area contributed by atoms with Gasteiger partial charge >= 0.3 is 0 Å². The number of hydrazine groups is 1. The molecule has 2 rings (SSSR count). The maximum atomic E-state index is 6.03. The first kappa shape index (κ1) is 15.6. The van der Waals surface area contributed by atoms with E-state index in [1.807, 2.05) is 42.5 Å². The zero-order valence-electron chi connectivity index (χ0n) is 12.1. The highest BCUT2D eigenvalue weighted by Gasteiger charge is 2.18. The highest BCUT2D eigenvalue weighted by molar-refractivity contribution is 6.30. The maximum Gasteiger partial charge on any atom is 0.165 e. The van der Waals surface area contributed by atoms with Crippen LogP contribution in [0.1, 0.15) is 17.2 Å². The maximum absolute atomic E-state index is 6.03. The van der Waals surface area contributed by atoms with Crippen LogP contribution in [0.4, 0.5) is 0 Å². The Morgan fingerprint density at radius 3 is 2.52 bits per heavy atom. The number of nitrogens with two attached hydrogens (primary N) is 1. The molecule has 0 radical (unpaired) electrons. The van der Waals surface area contributed by atoms with Gasteiger partial charge in [0.15, 0.2) is 11.5 Å². The molecule has 0 aliphatic heterocycles. The molecule has 0 amide bonds. The number of rotatable bonds is 6. The van der Waals surface area contributed by atoms with Crippen molar-refractivity contribution in [1.82, 2.24) is 5.43 Å². The van der Waals surface area contributed by atoms with E-state index in [2.05, 4.69) is 5.43 Å². The van der Waals surface area contributed by atoms with Gasteiger partial charge in [-0.05, 0) is 30.2 Å². The Hall–Kier alpha value is -1.75. The van der Waals surface area contributed by atoms with E-state index in [-0.39, 0.29) is 6.04 Å². The number of nitrogens with one attached hydrogen (secondary N) is 1. The zero-order valence-corrected chi connectivity index (χ0v) is 12.9. The summed E-state index contributed by atoms with van der Waals surface area (Å²) in [5.74, 6) is 7.09. The Balaban J connectivity index is 2.33. The van der Waals surface area contributed by atoms with E-state index in [1.54, 1.807) is 14.2 Å². The Morgan fingerprint density at radius 1 is 1.14 bits per heavy atom. The van der Waals surface area contributed by atoms with Crippen molar-refractivity contribution in [3.8, 4) is 11.5 Å². The Bertz CT molecular complexity index is 605. The van der Waals surface area contributed by atoms with Crippen molar-refractivity contribution in [2.75, 3.05) is 14.2 Å². The highest BCUT2D eigenvalue weighted by Crippen LogP contribution is 2.35. The average Bonchev–Trinajstić information content (AvgIpc) is 2.51. The third-order valence-electron chi connectivity index (χ3n) is 3.34. The minimum absolute atomic E-state index is 0.103. The lowest BCUT2D eigenvalue weighted by atomic mass is 9.98. The molecule has 21 heavy (non-hydrogen) atoms. The second-order valence-electron chi connectivity index (χ2n) is 4.64. The number of methoxy groups -OCH3 is 2. The summed E-state index contributed by atoms with van der Waals surface area (Å²) in [4.78, 5) is 0. The third-order valence-corrected chi connectivity index (χ3v) is 3.57. The minimum atomic E-state index is -0.103. The summed E-state index contributed by atoms with van der Waals surface area (Å²) in [6.07, 6.45) is 0.695. The van der Waals surface area contributed by atoms with Crippen molar-refractivity contribution in [3.63, 3.8) is 0 Å². The summed E-state index contributed by atoms with van der Waals surface area (Å²) in [5, 5.41) is 0.709. The quantitative estimate of drug-likeness (QED) is 0.636. The molecule has 0 heterocycles. The van der Waals surface area contributed by atoms with Crippen LogP contribution >= 0.6 is 11.6 Å². The number of ether oxygens (including phenoxy) is 2. The first-order valence-electron chi connectivity index (χ1n) is 6.61. The van der Waals surface area contributed by atoms with E-state index in [0.717, 1.165) is 11.1 Å². The molecule has 112 valence electrons. The van der Waals surface area contributed by atoms with Crippen LogP contribution in [0, 0.1) is 0 Å². The molecule has 0 bridgehead atoms. The fourth-order valence-electron chi connectivity index (χ4n) is 2.34.